The summed E-state index contributed by atoms with van der Waals surface area (Å²) in [5, 5.41) is 8.09. The summed E-state index contributed by atoms with van der Waals surface area (Å²) in [5.41, 5.74) is 2.19. The van der Waals surface area contributed by atoms with Gasteiger partial charge in [-0.25, -0.2) is 4.98 Å². The van der Waals surface area contributed by atoms with Crippen molar-refractivity contribution in [1.29, 1.82) is 0 Å². The number of nitrogens with zero attached hydrogens (tertiary/aromatic N) is 1. The van der Waals surface area contributed by atoms with Crippen molar-refractivity contribution in [2.45, 2.75) is 39.5 Å². The number of hydrogen-bond acceptors (Lipinski definition) is 5. The van der Waals surface area contributed by atoms with E-state index in [1.807, 2.05) is 31.2 Å². The van der Waals surface area contributed by atoms with E-state index in [1.54, 1.807) is 7.11 Å². The minimum Gasteiger partial charge on any atom is -0.497 e. The first kappa shape index (κ1) is 20.2. The Balaban J connectivity index is 1.38. The number of furan rings is 1. The molecule has 0 aliphatic carbocycles. The van der Waals surface area contributed by atoms with Crippen LogP contribution in [0.2, 0.25) is 0 Å². The highest BCUT2D eigenvalue weighted by Gasteiger charge is 2.09. The van der Waals surface area contributed by atoms with E-state index < -0.39 is 0 Å². The zero-order valence-electron chi connectivity index (χ0n) is 17.3. The van der Waals surface area contributed by atoms with Crippen LogP contribution < -0.4 is 15.4 Å². The van der Waals surface area contributed by atoms with Gasteiger partial charge in [-0.15, -0.1) is 0 Å². The topological polar surface area (TPSA) is 59.3 Å². The number of aromatic nitrogens is 1. The lowest BCUT2D eigenvalue weighted by Gasteiger charge is -2.11. The highest BCUT2D eigenvalue weighted by atomic mass is 16.5. The fourth-order valence-corrected chi connectivity index (χ4v) is 3.32. The molecule has 2 aromatic heterocycles. The Kier molecular flexibility index (Phi) is 6.93. The maximum atomic E-state index is 5.69. The first-order chi connectivity index (χ1) is 13.6. The molecule has 0 spiro atoms. The summed E-state index contributed by atoms with van der Waals surface area (Å²) < 4.78 is 11.0. The van der Waals surface area contributed by atoms with Gasteiger partial charge in [-0.1, -0.05) is 6.92 Å². The molecular weight excluding hydrogens is 350 g/mol. The van der Waals surface area contributed by atoms with Crippen LogP contribution in [0.25, 0.3) is 10.9 Å². The molecule has 5 nitrogen and oxygen atoms in total. The van der Waals surface area contributed by atoms with Crippen LogP contribution in [-0.2, 0) is 0 Å². The lowest BCUT2D eigenvalue weighted by atomic mass is 10.1. The van der Waals surface area contributed by atoms with E-state index >= 15 is 0 Å². The molecule has 2 N–H and O–H groups in total. The first-order valence-electron chi connectivity index (χ1n) is 10.0. The average Bonchev–Trinajstić information content (AvgIpc) is 3.13. The van der Waals surface area contributed by atoms with E-state index in [-0.39, 0.29) is 0 Å². The molecule has 3 rings (SSSR count). The third kappa shape index (κ3) is 5.26. The van der Waals surface area contributed by atoms with Crippen molar-refractivity contribution < 1.29 is 9.15 Å². The monoisotopic (exact) mass is 381 g/mol. The van der Waals surface area contributed by atoms with Crippen LogP contribution in [0, 0.1) is 13.8 Å². The van der Waals surface area contributed by atoms with Gasteiger partial charge in [0.15, 0.2) is 0 Å². The van der Waals surface area contributed by atoms with Gasteiger partial charge in [0.25, 0.3) is 0 Å². The van der Waals surface area contributed by atoms with E-state index in [0.717, 1.165) is 66.5 Å². The number of benzene rings is 1. The van der Waals surface area contributed by atoms with Gasteiger partial charge in [0.05, 0.1) is 12.6 Å². The van der Waals surface area contributed by atoms with Crippen molar-refractivity contribution in [1.82, 2.24) is 10.3 Å². The molecule has 0 fully saturated rings. The second-order valence-corrected chi connectivity index (χ2v) is 7.38. The van der Waals surface area contributed by atoms with E-state index in [2.05, 4.69) is 36.6 Å². The minimum absolute atomic E-state index is 0.447. The Morgan fingerprint density at radius 2 is 1.93 bits per heavy atom. The molecule has 28 heavy (non-hydrogen) atoms. The number of nitrogens with one attached hydrogen (secondary N) is 2. The second kappa shape index (κ2) is 9.60. The number of ether oxygens (including phenoxy) is 1. The maximum absolute atomic E-state index is 5.69. The molecule has 0 aliphatic heterocycles. The Hall–Kier alpha value is -2.53. The van der Waals surface area contributed by atoms with Gasteiger partial charge in [0.1, 0.15) is 23.1 Å². The maximum Gasteiger partial charge on any atom is 0.126 e. The number of methoxy groups -OCH3 is 1. The lowest BCUT2D eigenvalue weighted by Crippen LogP contribution is -2.20. The van der Waals surface area contributed by atoms with E-state index in [9.17, 15) is 0 Å². The molecule has 0 saturated carbocycles. The van der Waals surface area contributed by atoms with Gasteiger partial charge in [-0.2, -0.15) is 0 Å². The number of anilines is 1. The van der Waals surface area contributed by atoms with Gasteiger partial charge in [-0.05, 0) is 81.7 Å². The Morgan fingerprint density at radius 1 is 1.07 bits per heavy atom. The summed E-state index contributed by atoms with van der Waals surface area (Å²) >= 11 is 0. The van der Waals surface area contributed by atoms with E-state index in [0.29, 0.717) is 5.92 Å². The number of hydrogen-bond donors (Lipinski definition) is 2. The lowest BCUT2D eigenvalue weighted by molar-refractivity contribution is 0.415. The normalized spacial score (nSPS) is 12.3. The summed E-state index contributed by atoms with van der Waals surface area (Å²) in [7, 11) is 1.69. The minimum atomic E-state index is 0.447. The summed E-state index contributed by atoms with van der Waals surface area (Å²) in [5.74, 6) is 4.30. The quantitative estimate of drug-likeness (QED) is 0.482. The van der Waals surface area contributed by atoms with E-state index in [1.165, 1.54) is 5.56 Å². The standard InChI is InChI=1S/C23H31N3O2/c1-16(22-9-6-18(3)28-22)10-13-24-11-5-12-25-23-14-17(2)20-15-19(27-4)7-8-21(20)26-23/h6-9,14-16,24H,5,10-13H2,1-4H3,(H,25,26). The number of fused-ring (bicyclic) bond motifs is 1. The van der Waals surface area contributed by atoms with Crippen LogP contribution in [-0.4, -0.2) is 31.7 Å². The zero-order chi connectivity index (χ0) is 19.9. The Morgan fingerprint density at radius 3 is 2.68 bits per heavy atom. The fourth-order valence-electron chi connectivity index (χ4n) is 3.32. The molecule has 150 valence electrons. The van der Waals surface area contributed by atoms with Crippen LogP contribution >= 0.6 is 0 Å². The molecule has 1 atom stereocenters. The van der Waals surface area contributed by atoms with Crippen molar-refractivity contribution >= 4 is 16.7 Å². The molecule has 0 aliphatic rings. The van der Waals surface area contributed by atoms with Crippen LogP contribution in [0.4, 0.5) is 5.82 Å². The molecule has 1 unspecified atom stereocenters. The molecule has 5 heteroatoms. The second-order valence-electron chi connectivity index (χ2n) is 7.38. The highest BCUT2D eigenvalue weighted by Crippen LogP contribution is 2.24. The van der Waals surface area contributed by atoms with Gasteiger partial charge >= 0.3 is 0 Å². The molecule has 0 bridgehead atoms. The summed E-state index contributed by atoms with van der Waals surface area (Å²) in [6.45, 7) is 9.19. The van der Waals surface area contributed by atoms with Crippen LogP contribution in [0.3, 0.4) is 0 Å². The Labute approximate surface area is 167 Å². The Bertz CT molecular complexity index is 904. The van der Waals surface area contributed by atoms with Gasteiger partial charge in [-0.3, -0.25) is 0 Å². The SMILES string of the molecule is COc1ccc2nc(NCCCNCCC(C)c3ccc(C)o3)cc(C)c2c1. The number of rotatable bonds is 10. The van der Waals surface area contributed by atoms with Crippen LogP contribution in [0.15, 0.2) is 40.8 Å². The highest BCUT2D eigenvalue weighted by molar-refractivity contribution is 5.85. The third-order valence-electron chi connectivity index (χ3n) is 5.06. The van der Waals surface area contributed by atoms with Crippen LogP contribution in [0.1, 0.15) is 42.8 Å². The van der Waals surface area contributed by atoms with Gasteiger partial charge in [0.2, 0.25) is 0 Å². The van der Waals surface area contributed by atoms with E-state index in [4.69, 9.17) is 14.1 Å². The van der Waals surface area contributed by atoms with Crippen molar-refractivity contribution in [3.63, 3.8) is 0 Å². The van der Waals surface area contributed by atoms with Crippen LogP contribution in [0.5, 0.6) is 5.75 Å². The summed E-state index contributed by atoms with van der Waals surface area (Å²) in [4.78, 5) is 4.71. The molecule has 1 aromatic carbocycles. The average molecular weight is 382 g/mol. The van der Waals surface area contributed by atoms with Gasteiger partial charge < -0.3 is 19.8 Å². The molecule has 3 aromatic rings. The molecular formula is C23H31N3O2. The van der Waals surface area contributed by atoms with Crippen molar-refractivity contribution in [3.8, 4) is 5.75 Å². The molecule has 0 saturated heterocycles. The number of pyridine rings is 1. The first-order valence-corrected chi connectivity index (χ1v) is 10.0. The molecule has 0 radical (unpaired) electrons. The predicted molar refractivity (Wildman–Crippen MR) is 115 cm³/mol. The smallest absolute Gasteiger partial charge is 0.126 e. The van der Waals surface area contributed by atoms with Crippen molar-refractivity contribution in [2.24, 2.45) is 0 Å². The third-order valence-corrected chi connectivity index (χ3v) is 5.06. The van der Waals surface area contributed by atoms with Crippen molar-refractivity contribution in [3.05, 3.63) is 53.5 Å². The zero-order valence-corrected chi connectivity index (χ0v) is 17.3. The molecule has 2 heterocycles. The summed E-state index contributed by atoms with van der Waals surface area (Å²) in [6.07, 6.45) is 2.13. The predicted octanol–water partition coefficient (Wildman–Crippen LogP) is 5.04. The largest absolute Gasteiger partial charge is 0.497 e. The molecule has 0 amide bonds. The fraction of sp³-hybridized carbons (Fsp3) is 0.435. The summed E-state index contributed by atoms with van der Waals surface area (Å²) in [6, 6.07) is 12.2. The van der Waals surface area contributed by atoms with Crippen molar-refractivity contribution in [2.75, 3.05) is 32.1 Å². The number of aryl methyl sites for hydroxylation is 2. The van der Waals surface area contributed by atoms with Gasteiger partial charge in [0, 0.05) is 17.8 Å².